The predicted molar refractivity (Wildman–Crippen MR) is 79.4 cm³/mol. The molecule has 1 aliphatic heterocycles. The van der Waals surface area contributed by atoms with Gasteiger partial charge < -0.3 is 15.0 Å². The van der Waals surface area contributed by atoms with Crippen LogP contribution in [0.2, 0.25) is 0 Å². The van der Waals surface area contributed by atoms with Gasteiger partial charge in [0.15, 0.2) is 0 Å². The first kappa shape index (κ1) is 14.9. The Labute approximate surface area is 121 Å². The molecule has 2 rings (SSSR count). The monoisotopic (exact) mass is 276 g/mol. The van der Waals surface area contributed by atoms with Gasteiger partial charge in [-0.25, -0.2) is 4.79 Å². The molecule has 0 bridgehead atoms. The van der Waals surface area contributed by atoms with E-state index in [9.17, 15) is 4.79 Å². The van der Waals surface area contributed by atoms with Crippen molar-refractivity contribution in [2.75, 3.05) is 19.6 Å². The van der Waals surface area contributed by atoms with Gasteiger partial charge in [-0.15, -0.1) is 0 Å². The van der Waals surface area contributed by atoms with Gasteiger partial charge in [-0.2, -0.15) is 0 Å². The van der Waals surface area contributed by atoms with Crippen LogP contribution in [-0.4, -0.2) is 36.7 Å². The van der Waals surface area contributed by atoms with Crippen molar-refractivity contribution in [3.05, 3.63) is 35.9 Å². The van der Waals surface area contributed by atoms with E-state index in [1.807, 2.05) is 30.3 Å². The predicted octanol–water partition coefficient (Wildman–Crippen LogP) is 2.64. The quantitative estimate of drug-likeness (QED) is 0.903. The highest BCUT2D eigenvalue weighted by molar-refractivity contribution is 5.67. The van der Waals surface area contributed by atoms with Crippen molar-refractivity contribution >= 4 is 6.09 Å². The lowest BCUT2D eigenvalue weighted by atomic mass is 9.85. The average Bonchev–Trinajstić information content (AvgIpc) is 2.45. The molecule has 110 valence electrons. The first-order valence-corrected chi connectivity index (χ1v) is 7.16. The Morgan fingerprint density at radius 2 is 2.05 bits per heavy atom. The Morgan fingerprint density at radius 3 is 2.70 bits per heavy atom. The standard InChI is InChI=1S/C16H24N2O2/c1-16(2,3)14-11-18(10-9-17-14)15(19)20-12-13-7-5-4-6-8-13/h4-8,14,17H,9-12H2,1-3H3. The summed E-state index contributed by atoms with van der Waals surface area (Å²) in [4.78, 5) is 13.9. The normalized spacial score (nSPS) is 19.8. The summed E-state index contributed by atoms with van der Waals surface area (Å²) < 4.78 is 5.39. The van der Waals surface area contributed by atoms with Crippen LogP contribution in [-0.2, 0) is 11.3 Å². The molecule has 1 aliphatic rings. The maximum Gasteiger partial charge on any atom is 0.410 e. The Morgan fingerprint density at radius 1 is 1.35 bits per heavy atom. The van der Waals surface area contributed by atoms with Gasteiger partial charge in [0.25, 0.3) is 0 Å². The van der Waals surface area contributed by atoms with Crippen LogP contribution in [0, 0.1) is 5.41 Å². The number of rotatable bonds is 2. The largest absolute Gasteiger partial charge is 0.445 e. The topological polar surface area (TPSA) is 41.6 Å². The number of carbonyl (C=O) groups excluding carboxylic acids is 1. The molecule has 4 heteroatoms. The number of piperazine rings is 1. The molecule has 1 heterocycles. The summed E-state index contributed by atoms with van der Waals surface area (Å²) in [5.41, 5.74) is 1.15. The SMILES string of the molecule is CC(C)(C)C1CN(C(=O)OCc2ccccc2)CCN1. The van der Waals surface area contributed by atoms with Crippen molar-refractivity contribution in [2.45, 2.75) is 33.4 Å². The lowest BCUT2D eigenvalue weighted by Gasteiger charge is -2.39. The summed E-state index contributed by atoms with van der Waals surface area (Å²) in [7, 11) is 0. The molecule has 1 unspecified atom stereocenters. The van der Waals surface area contributed by atoms with E-state index in [1.54, 1.807) is 4.90 Å². The number of carbonyl (C=O) groups is 1. The maximum atomic E-state index is 12.1. The number of nitrogens with zero attached hydrogens (tertiary/aromatic N) is 1. The molecule has 1 amide bonds. The second kappa shape index (κ2) is 6.27. The number of hydrogen-bond donors (Lipinski definition) is 1. The van der Waals surface area contributed by atoms with Crippen molar-refractivity contribution < 1.29 is 9.53 Å². The molecule has 0 spiro atoms. The van der Waals surface area contributed by atoms with Gasteiger partial charge in [0.05, 0.1) is 0 Å². The number of ether oxygens (including phenoxy) is 1. The van der Waals surface area contributed by atoms with Gasteiger partial charge in [-0.1, -0.05) is 51.1 Å². The molecular formula is C16H24N2O2. The van der Waals surface area contributed by atoms with Gasteiger partial charge in [0.1, 0.15) is 6.61 Å². The van der Waals surface area contributed by atoms with Crippen LogP contribution in [0.1, 0.15) is 26.3 Å². The van der Waals surface area contributed by atoms with Gasteiger partial charge in [-0.05, 0) is 11.0 Å². The minimum atomic E-state index is -0.218. The third-order valence-electron chi connectivity index (χ3n) is 3.68. The van der Waals surface area contributed by atoms with E-state index < -0.39 is 0 Å². The lowest BCUT2D eigenvalue weighted by Crippen LogP contribution is -2.57. The number of nitrogens with one attached hydrogen (secondary N) is 1. The number of amides is 1. The molecule has 0 saturated carbocycles. The van der Waals surface area contributed by atoms with Crippen LogP contribution < -0.4 is 5.32 Å². The van der Waals surface area contributed by atoms with Crippen LogP contribution in [0.3, 0.4) is 0 Å². The summed E-state index contributed by atoms with van der Waals surface area (Å²) >= 11 is 0. The van der Waals surface area contributed by atoms with Crippen molar-refractivity contribution in [3.63, 3.8) is 0 Å². The second-order valence-electron chi connectivity index (χ2n) is 6.36. The summed E-state index contributed by atoms with van der Waals surface area (Å²) in [6.45, 7) is 9.12. The highest BCUT2D eigenvalue weighted by atomic mass is 16.6. The van der Waals surface area contributed by atoms with E-state index in [2.05, 4.69) is 26.1 Å². The molecular weight excluding hydrogens is 252 g/mol. The first-order chi connectivity index (χ1) is 9.47. The van der Waals surface area contributed by atoms with E-state index >= 15 is 0 Å². The van der Waals surface area contributed by atoms with Crippen LogP contribution in [0.25, 0.3) is 0 Å². The Balaban J connectivity index is 1.86. The van der Waals surface area contributed by atoms with Crippen LogP contribution in [0.5, 0.6) is 0 Å². The minimum absolute atomic E-state index is 0.137. The smallest absolute Gasteiger partial charge is 0.410 e. The molecule has 1 atom stereocenters. The van der Waals surface area contributed by atoms with Crippen molar-refractivity contribution in [3.8, 4) is 0 Å². The fourth-order valence-corrected chi connectivity index (χ4v) is 2.31. The zero-order valence-electron chi connectivity index (χ0n) is 12.6. The molecule has 0 aliphatic carbocycles. The van der Waals surface area contributed by atoms with Crippen LogP contribution in [0.15, 0.2) is 30.3 Å². The Kier molecular flexibility index (Phi) is 4.65. The molecule has 0 aromatic heterocycles. The number of benzene rings is 1. The average molecular weight is 276 g/mol. The highest BCUT2D eigenvalue weighted by Crippen LogP contribution is 2.22. The Hall–Kier alpha value is -1.55. The fraction of sp³-hybridized carbons (Fsp3) is 0.562. The first-order valence-electron chi connectivity index (χ1n) is 7.16. The molecule has 1 saturated heterocycles. The van der Waals surface area contributed by atoms with Crippen molar-refractivity contribution in [2.24, 2.45) is 5.41 Å². The minimum Gasteiger partial charge on any atom is -0.445 e. The van der Waals surface area contributed by atoms with Gasteiger partial charge in [-0.3, -0.25) is 0 Å². The zero-order chi connectivity index (χ0) is 14.6. The van der Waals surface area contributed by atoms with Gasteiger partial charge in [0, 0.05) is 25.7 Å². The fourth-order valence-electron chi connectivity index (χ4n) is 2.31. The van der Waals surface area contributed by atoms with Crippen molar-refractivity contribution in [1.82, 2.24) is 10.2 Å². The molecule has 1 N–H and O–H groups in total. The van der Waals surface area contributed by atoms with Crippen LogP contribution >= 0.6 is 0 Å². The second-order valence-corrected chi connectivity index (χ2v) is 6.36. The third-order valence-corrected chi connectivity index (χ3v) is 3.68. The molecule has 1 aromatic rings. The summed E-state index contributed by atoms with van der Waals surface area (Å²) in [5, 5.41) is 3.47. The van der Waals surface area contributed by atoms with E-state index in [-0.39, 0.29) is 11.5 Å². The highest BCUT2D eigenvalue weighted by Gasteiger charge is 2.31. The maximum absolute atomic E-state index is 12.1. The van der Waals surface area contributed by atoms with Gasteiger partial charge >= 0.3 is 6.09 Å². The van der Waals surface area contributed by atoms with Crippen molar-refractivity contribution in [1.29, 1.82) is 0 Å². The van der Waals surface area contributed by atoms with E-state index in [1.165, 1.54) is 0 Å². The van der Waals surface area contributed by atoms with E-state index in [0.717, 1.165) is 12.1 Å². The zero-order valence-corrected chi connectivity index (χ0v) is 12.6. The van der Waals surface area contributed by atoms with E-state index in [0.29, 0.717) is 25.7 Å². The molecule has 1 aromatic carbocycles. The molecule has 20 heavy (non-hydrogen) atoms. The number of hydrogen-bond acceptors (Lipinski definition) is 3. The molecule has 1 fully saturated rings. The Bertz CT molecular complexity index is 440. The summed E-state index contributed by atoms with van der Waals surface area (Å²) in [6, 6.07) is 10.1. The molecule has 0 radical (unpaired) electrons. The van der Waals surface area contributed by atoms with Crippen LogP contribution in [0.4, 0.5) is 4.79 Å². The summed E-state index contributed by atoms with van der Waals surface area (Å²) in [6.07, 6.45) is -0.218. The summed E-state index contributed by atoms with van der Waals surface area (Å²) in [5.74, 6) is 0. The van der Waals surface area contributed by atoms with E-state index in [4.69, 9.17) is 4.74 Å². The third kappa shape index (κ3) is 3.97. The lowest BCUT2D eigenvalue weighted by molar-refractivity contribution is 0.0724. The van der Waals surface area contributed by atoms with Gasteiger partial charge in [0.2, 0.25) is 0 Å². The molecule has 4 nitrogen and oxygen atoms in total.